The van der Waals surface area contributed by atoms with E-state index >= 15 is 0 Å². The molecule has 1 N–H and O–H groups in total. The van der Waals surface area contributed by atoms with E-state index in [9.17, 15) is 4.79 Å². The molecular formula is C13H10N4O2. The van der Waals surface area contributed by atoms with Gasteiger partial charge in [0.15, 0.2) is 0 Å². The quantitative estimate of drug-likeness (QED) is 0.761. The van der Waals surface area contributed by atoms with Crippen LogP contribution in [-0.4, -0.2) is 19.9 Å². The average Bonchev–Trinajstić information content (AvgIpc) is 2.47. The third kappa shape index (κ3) is 2.28. The predicted octanol–water partition coefficient (Wildman–Crippen LogP) is 1.29. The molecule has 0 aliphatic heterocycles. The molecule has 0 aliphatic carbocycles. The van der Waals surface area contributed by atoms with Crippen molar-refractivity contribution in [3.05, 3.63) is 59.2 Å². The molecule has 6 nitrogen and oxygen atoms in total. The molecule has 0 unspecified atom stereocenters. The molecule has 0 radical (unpaired) electrons. The summed E-state index contributed by atoms with van der Waals surface area (Å²) in [6, 6.07) is 5.51. The van der Waals surface area contributed by atoms with Crippen LogP contribution in [0.4, 0.5) is 0 Å². The van der Waals surface area contributed by atoms with Crippen LogP contribution in [0.3, 0.4) is 0 Å². The van der Waals surface area contributed by atoms with Gasteiger partial charge in [-0.3, -0.25) is 9.78 Å². The highest BCUT2D eigenvalue weighted by molar-refractivity contribution is 5.82. The molecule has 0 saturated carbocycles. The molecule has 19 heavy (non-hydrogen) atoms. The standard InChI is InChI=1S/C13H10N4O2/c18-13-12(19-7-10-3-1-2-4-15-10)11-9(6-16-13)5-14-8-17-11/h1-6,8H,7H2,(H,16,18). The molecule has 3 rings (SSSR count). The van der Waals surface area contributed by atoms with Crippen molar-refractivity contribution in [2.75, 3.05) is 0 Å². The summed E-state index contributed by atoms with van der Waals surface area (Å²) in [4.78, 5) is 26.5. The number of aromatic nitrogens is 4. The summed E-state index contributed by atoms with van der Waals surface area (Å²) < 4.78 is 5.54. The summed E-state index contributed by atoms with van der Waals surface area (Å²) >= 11 is 0. The van der Waals surface area contributed by atoms with Gasteiger partial charge in [0.1, 0.15) is 18.5 Å². The van der Waals surface area contributed by atoms with Gasteiger partial charge in [0.05, 0.1) is 5.69 Å². The number of ether oxygens (including phenoxy) is 1. The van der Waals surface area contributed by atoms with Gasteiger partial charge in [-0.2, -0.15) is 0 Å². The molecule has 0 aliphatic rings. The fourth-order valence-electron chi connectivity index (χ4n) is 1.72. The van der Waals surface area contributed by atoms with Gasteiger partial charge in [-0.05, 0) is 12.1 Å². The van der Waals surface area contributed by atoms with Crippen molar-refractivity contribution in [2.24, 2.45) is 0 Å². The number of nitrogens with zero attached hydrogens (tertiary/aromatic N) is 3. The molecule has 0 aromatic carbocycles. The number of fused-ring (bicyclic) bond motifs is 1. The highest BCUT2D eigenvalue weighted by atomic mass is 16.5. The van der Waals surface area contributed by atoms with E-state index in [0.717, 1.165) is 11.1 Å². The highest BCUT2D eigenvalue weighted by Gasteiger charge is 2.09. The lowest BCUT2D eigenvalue weighted by Crippen LogP contribution is -2.12. The maximum absolute atomic E-state index is 11.8. The zero-order valence-electron chi connectivity index (χ0n) is 9.91. The SMILES string of the molecule is O=c1[nH]cc2cncnc2c1OCc1ccccn1. The van der Waals surface area contributed by atoms with Crippen molar-refractivity contribution in [3.8, 4) is 5.75 Å². The molecule has 0 bridgehead atoms. The Bertz CT molecular complexity index is 755. The Kier molecular flexibility index (Phi) is 2.89. The third-order valence-electron chi connectivity index (χ3n) is 2.61. The van der Waals surface area contributed by atoms with Crippen molar-refractivity contribution in [1.29, 1.82) is 0 Å². The molecule has 0 spiro atoms. The van der Waals surface area contributed by atoms with Crippen LogP contribution < -0.4 is 10.3 Å². The Balaban J connectivity index is 1.96. The molecule has 0 saturated heterocycles. The first kappa shape index (κ1) is 11.3. The Labute approximate surface area is 108 Å². The van der Waals surface area contributed by atoms with Gasteiger partial charge < -0.3 is 9.72 Å². The lowest BCUT2D eigenvalue weighted by atomic mass is 10.3. The van der Waals surface area contributed by atoms with E-state index in [0.29, 0.717) is 5.52 Å². The van der Waals surface area contributed by atoms with Crippen LogP contribution >= 0.6 is 0 Å². The van der Waals surface area contributed by atoms with Crippen molar-refractivity contribution in [2.45, 2.75) is 6.61 Å². The molecular weight excluding hydrogens is 244 g/mol. The predicted molar refractivity (Wildman–Crippen MR) is 68.7 cm³/mol. The van der Waals surface area contributed by atoms with E-state index in [1.54, 1.807) is 18.6 Å². The minimum atomic E-state index is -0.317. The summed E-state index contributed by atoms with van der Waals surface area (Å²) in [5, 5.41) is 0.720. The molecule has 3 heterocycles. The van der Waals surface area contributed by atoms with Gasteiger partial charge >= 0.3 is 0 Å². The fourth-order valence-corrected chi connectivity index (χ4v) is 1.72. The molecule has 3 aromatic heterocycles. The Morgan fingerprint density at radius 1 is 1.26 bits per heavy atom. The van der Waals surface area contributed by atoms with Gasteiger partial charge in [-0.15, -0.1) is 0 Å². The van der Waals surface area contributed by atoms with Crippen LogP contribution in [0, 0.1) is 0 Å². The lowest BCUT2D eigenvalue weighted by Gasteiger charge is -2.06. The second-order valence-corrected chi connectivity index (χ2v) is 3.88. The molecule has 0 atom stereocenters. The second kappa shape index (κ2) is 4.85. The Morgan fingerprint density at radius 2 is 2.21 bits per heavy atom. The zero-order valence-corrected chi connectivity index (χ0v) is 9.91. The van der Waals surface area contributed by atoms with Crippen LogP contribution in [0.15, 0.2) is 47.9 Å². The van der Waals surface area contributed by atoms with Crippen LogP contribution in [0.2, 0.25) is 0 Å². The van der Waals surface area contributed by atoms with Gasteiger partial charge in [0.25, 0.3) is 5.56 Å². The summed E-state index contributed by atoms with van der Waals surface area (Å²) in [5.74, 6) is 0.186. The molecule has 3 aromatic rings. The number of aromatic amines is 1. The number of H-pyrrole nitrogens is 1. The van der Waals surface area contributed by atoms with E-state index in [1.807, 2.05) is 18.2 Å². The molecule has 94 valence electrons. The first-order valence-electron chi connectivity index (χ1n) is 5.69. The first-order valence-corrected chi connectivity index (χ1v) is 5.69. The van der Waals surface area contributed by atoms with Gasteiger partial charge in [0.2, 0.25) is 5.75 Å². The summed E-state index contributed by atoms with van der Waals surface area (Å²) in [6.07, 6.45) is 6.24. The van der Waals surface area contributed by atoms with Crippen LogP contribution in [-0.2, 0) is 6.61 Å². The molecule has 0 amide bonds. The van der Waals surface area contributed by atoms with Crippen LogP contribution in [0.25, 0.3) is 10.9 Å². The number of hydrogen-bond donors (Lipinski definition) is 1. The number of hydrogen-bond acceptors (Lipinski definition) is 5. The first-order chi connectivity index (χ1) is 9.34. The zero-order chi connectivity index (χ0) is 13.1. The smallest absolute Gasteiger partial charge is 0.292 e. The van der Waals surface area contributed by atoms with Gasteiger partial charge in [-0.1, -0.05) is 6.07 Å². The largest absolute Gasteiger partial charge is 0.480 e. The lowest BCUT2D eigenvalue weighted by molar-refractivity contribution is 0.300. The van der Waals surface area contributed by atoms with Crippen LogP contribution in [0.1, 0.15) is 5.69 Å². The van der Waals surface area contributed by atoms with Gasteiger partial charge in [0, 0.05) is 24.0 Å². The number of nitrogens with one attached hydrogen (secondary N) is 1. The average molecular weight is 254 g/mol. The highest BCUT2D eigenvalue weighted by Crippen LogP contribution is 2.17. The monoisotopic (exact) mass is 254 g/mol. The summed E-state index contributed by atoms with van der Waals surface area (Å²) in [5.41, 5.74) is 0.921. The van der Waals surface area contributed by atoms with E-state index in [1.165, 1.54) is 6.33 Å². The maximum Gasteiger partial charge on any atom is 0.292 e. The second-order valence-electron chi connectivity index (χ2n) is 3.88. The molecule has 0 fully saturated rings. The van der Waals surface area contributed by atoms with Crippen molar-refractivity contribution >= 4 is 10.9 Å². The van der Waals surface area contributed by atoms with Crippen molar-refractivity contribution in [1.82, 2.24) is 19.9 Å². The number of rotatable bonds is 3. The van der Waals surface area contributed by atoms with Crippen molar-refractivity contribution < 1.29 is 4.74 Å². The van der Waals surface area contributed by atoms with Crippen molar-refractivity contribution in [3.63, 3.8) is 0 Å². The van der Waals surface area contributed by atoms with E-state index in [-0.39, 0.29) is 17.9 Å². The van der Waals surface area contributed by atoms with E-state index < -0.39 is 0 Å². The third-order valence-corrected chi connectivity index (χ3v) is 2.61. The van der Waals surface area contributed by atoms with Gasteiger partial charge in [-0.25, -0.2) is 9.97 Å². The normalized spacial score (nSPS) is 10.5. The molecule has 6 heteroatoms. The summed E-state index contributed by atoms with van der Waals surface area (Å²) in [6.45, 7) is 0.215. The Hall–Kier alpha value is -2.76. The fraction of sp³-hybridized carbons (Fsp3) is 0.0769. The summed E-state index contributed by atoms with van der Waals surface area (Å²) in [7, 11) is 0. The number of pyridine rings is 2. The van der Waals surface area contributed by atoms with E-state index in [4.69, 9.17) is 4.74 Å². The minimum absolute atomic E-state index is 0.186. The van der Waals surface area contributed by atoms with Crippen LogP contribution in [0.5, 0.6) is 5.75 Å². The van der Waals surface area contributed by atoms with E-state index in [2.05, 4.69) is 19.9 Å². The Morgan fingerprint density at radius 3 is 3.05 bits per heavy atom. The maximum atomic E-state index is 11.8. The topological polar surface area (TPSA) is 80.8 Å². The minimum Gasteiger partial charge on any atom is -0.480 e.